The average molecular weight is 947 g/mol. The van der Waals surface area contributed by atoms with Gasteiger partial charge in [0.25, 0.3) is 0 Å². The molecule has 0 aromatic carbocycles. The van der Waals surface area contributed by atoms with Gasteiger partial charge in [-0.2, -0.15) is 0 Å². The second-order valence-electron chi connectivity index (χ2n) is 16.6. The van der Waals surface area contributed by atoms with Gasteiger partial charge in [-0.25, -0.2) is 4.57 Å². The van der Waals surface area contributed by atoms with E-state index in [4.69, 9.17) is 23.3 Å². The van der Waals surface area contributed by atoms with Crippen LogP contribution in [-0.2, 0) is 42.2 Å². The fourth-order valence-electron chi connectivity index (χ4n) is 6.40. The first-order chi connectivity index (χ1) is 32.2. The van der Waals surface area contributed by atoms with Crippen molar-refractivity contribution >= 4 is 25.7 Å². The van der Waals surface area contributed by atoms with E-state index in [0.717, 1.165) is 103 Å². The van der Waals surface area contributed by atoms with Crippen LogP contribution in [0.25, 0.3) is 0 Å². The maximum atomic E-state index is 12.8. The van der Waals surface area contributed by atoms with Crippen molar-refractivity contribution in [3.63, 3.8) is 0 Å². The summed E-state index contributed by atoms with van der Waals surface area (Å²) in [6.45, 7) is 4.31. The van der Waals surface area contributed by atoms with Crippen LogP contribution in [0, 0.1) is 0 Å². The lowest BCUT2D eigenvalue weighted by molar-refractivity contribution is -0.161. The number of ether oxygens (including phenoxy) is 3. The molecule has 0 spiro atoms. The summed E-state index contributed by atoms with van der Waals surface area (Å²) < 4.78 is 39.2. The number of carbonyl (C=O) groups excluding carboxylic acids is 3. The summed E-state index contributed by atoms with van der Waals surface area (Å²) in [5, 5.41) is 9.75. The molecule has 0 aromatic rings. The van der Waals surface area contributed by atoms with Gasteiger partial charge in [-0.05, 0) is 89.9 Å². The molecule has 3 atom stereocenters. The molecule has 12 heteroatoms. The molecule has 0 heterocycles. The summed E-state index contributed by atoms with van der Waals surface area (Å²) >= 11 is 0. The molecule has 0 rings (SSSR count). The second-order valence-corrected chi connectivity index (χ2v) is 18.1. The number of hydrogen-bond acceptors (Lipinski definition) is 10. The van der Waals surface area contributed by atoms with Crippen LogP contribution in [0.3, 0.4) is 0 Å². The Labute approximate surface area is 400 Å². The van der Waals surface area contributed by atoms with Crippen molar-refractivity contribution in [1.82, 2.24) is 0 Å². The Bertz CT molecular complexity index is 1430. The van der Waals surface area contributed by atoms with Crippen molar-refractivity contribution in [2.75, 3.05) is 26.4 Å². The number of phosphoric ester groups is 1. The van der Waals surface area contributed by atoms with Crippen LogP contribution in [0.1, 0.15) is 201 Å². The number of aliphatic hydroxyl groups excluding tert-OH is 1. The quantitative estimate of drug-likeness (QED) is 0.0197. The molecule has 11 nitrogen and oxygen atoms in total. The minimum Gasteiger partial charge on any atom is -0.461 e. The average Bonchev–Trinajstić information content (AvgIpc) is 3.30. The zero-order chi connectivity index (χ0) is 48.4. The molecule has 0 aliphatic carbocycles. The second kappa shape index (κ2) is 48.1. The number of hydrogen-bond donors (Lipinski definition) is 2. The minimum absolute atomic E-state index is 0.0102. The Morgan fingerprint density at radius 3 is 1.32 bits per heavy atom. The number of aliphatic hydroxyl groups is 1. The van der Waals surface area contributed by atoms with E-state index in [1.54, 1.807) is 6.08 Å². The van der Waals surface area contributed by atoms with Gasteiger partial charge in [0.2, 0.25) is 0 Å². The molecule has 0 aliphatic heterocycles. The van der Waals surface area contributed by atoms with Crippen LogP contribution < -0.4 is 0 Å². The highest BCUT2D eigenvalue weighted by Crippen LogP contribution is 2.43. The van der Waals surface area contributed by atoms with Crippen molar-refractivity contribution < 1.29 is 52.2 Å². The van der Waals surface area contributed by atoms with Crippen molar-refractivity contribution in [2.24, 2.45) is 0 Å². The lowest BCUT2D eigenvalue weighted by Gasteiger charge is -2.21. The lowest BCUT2D eigenvalue weighted by atomic mass is 10.1. The first-order valence-corrected chi connectivity index (χ1v) is 27.0. The van der Waals surface area contributed by atoms with Crippen molar-refractivity contribution in [3.05, 3.63) is 85.1 Å². The van der Waals surface area contributed by atoms with E-state index >= 15 is 0 Å². The molecule has 0 saturated carbocycles. The molecule has 0 amide bonds. The third-order valence-corrected chi connectivity index (χ3v) is 11.3. The van der Waals surface area contributed by atoms with E-state index < -0.39 is 64.4 Å². The fraction of sp³-hybridized carbons (Fsp3) is 0.685. The number of phosphoric acid groups is 1. The van der Waals surface area contributed by atoms with Crippen LogP contribution in [0.2, 0.25) is 0 Å². The molecule has 0 saturated heterocycles. The van der Waals surface area contributed by atoms with Gasteiger partial charge in [-0.3, -0.25) is 23.4 Å². The van der Waals surface area contributed by atoms with Gasteiger partial charge in [0.1, 0.15) is 12.7 Å². The van der Waals surface area contributed by atoms with Crippen molar-refractivity contribution in [3.8, 4) is 0 Å². The molecule has 66 heavy (non-hydrogen) atoms. The fourth-order valence-corrected chi connectivity index (χ4v) is 7.19. The van der Waals surface area contributed by atoms with Crippen molar-refractivity contribution in [2.45, 2.75) is 213 Å². The van der Waals surface area contributed by atoms with Gasteiger partial charge in [-0.15, -0.1) is 0 Å². The highest BCUT2D eigenvalue weighted by Gasteiger charge is 2.28. The van der Waals surface area contributed by atoms with E-state index in [9.17, 15) is 28.9 Å². The summed E-state index contributed by atoms with van der Waals surface area (Å²) in [6, 6.07) is 0. The summed E-state index contributed by atoms with van der Waals surface area (Å²) in [6.07, 6.45) is 53.0. The van der Waals surface area contributed by atoms with Gasteiger partial charge < -0.3 is 24.2 Å². The summed E-state index contributed by atoms with van der Waals surface area (Å²) in [4.78, 5) is 48.2. The Hall–Kier alpha value is -3.34. The monoisotopic (exact) mass is 947 g/mol. The van der Waals surface area contributed by atoms with Gasteiger partial charge in [-0.1, -0.05) is 176 Å². The van der Waals surface area contributed by atoms with Gasteiger partial charge >= 0.3 is 25.7 Å². The molecule has 2 N–H and O–H groups in total. The molecule has 0 bridgehead atoms. The lowest BCUT2D eigenvalue weighted by Crippen LogP contribution is -2.30. The molecule has 378 valence electrons. The third-order valence-electron chi connectivity index (χ3n) is 10.3. The minimum atomic E-state index is -4.76. The molecule has 0 fully saturated rings. The van der Waals surface area contributed by atoms with Crippen LogP contribution >= 0.6 is 7.82 Å². The first kappa shape index (κ1) is 62.7. The number of esters is 3. The van der Waals surface area contributed by atoms with Crippen LogP contribution in [0.4, 0.5) is 0 Å². The Morgan fingerprint density at radius 1 is 0.455 bits per heavy atom. The van der Waals surface area contributed by atoms with Crippen LogP contribution in [0.15, 0.2) is 85.1 Å². The van der Waals surface area contributed by atoms with Crippen LogP contribution in [-0.4, -0.2) is 66.5 Å². The summed E-state index contributed by atoms with van der Waals surface area (Å²) in [5.41, 5.74) is 0. The van der Waals surface area contributed by atoms with E-state index in [1.807, 2.05) is 12.2 Å². The van der Waals surface area contributed by atoms with E-state index in [0.29, 0.717) is 19.3 Å². The first-order valence-electron chi connectivity index (χ1n) is 25.5. The normalized spacial score (nSPS) is 14.2. The smallest absolute Gasteiger partial charge is 0.461 e. The molecular weight excluding hydrogens is 856 g/mol. The predicted molar refractivity (Wildman–Crippen MR) is 270 cm³/mol. The van der Waals surface area contributed by atoms with E-state index in [2.05, 4.69) is 87.6 Å². The maximum absolute atomic E-state index is 12.8. The third kappa shape index (κ3) is 45.8. The Balaban J connectivity index is 4.89. The molecule has 0 radical (unpaired) electrons. The number of rotatable bonds is 46. The summed E-state index contributed by atoms with van der Waals surface area (Å²) in [5.74, 6) is -1.64. The highest BCUT2D eigenvalue weighted by atomic mass is 31.2. The Kier molecular flexibility index (Phi) is 45.7. The number of carbonyl (C=O) groups is 3. The molecular formula is C54H91O11P. The maximum Gasteiger partial charge on any atom is 0.472 e. The molecule has 3 unspecified atom stereocenters. The Morgan fingerprint density at radius 2 is 0.848 bits per heavy atom. The van der Waals surface area contributed by atoms with E-state index in [-0.39, 0.29) is 19.3 Å². The predicted octanol–water partition coefficient (Wildman–Crippen LogP) is 14.4. The largest absolute Gasteiger partial charge is 0.472 e. The zero-order valence-electron chi connectivity index (χ0n) is 41.4. The molecule has 0 aromatic heterocycles. The number of allylic oxidation sites excluding steroid dienone is 13. The molecule has 0 aliphatic rings. The standard InChI is InChI=1S/C54H91O11P/c1-4-7-10-13-16-19-22-24-25-27-29-31-34-37-40-43-52(56)61-47-51(65-54(58)45-42-39-36-33-30-26-23-20-17-14-11-8-5-2)49-63-66(59,60)62-48-50(46-55)64-53(57)44-41-38-35-32-28-21-18-15-12-9-6-3/h7,10,15-16,18-20,23-25,29,31,37,40,50-51,55H,4-6,8-9,11-14,17,21-22,26-28,30,32-36,38-39,41-49H2,1-3H3,(H,59,60)/b10-7-,18-15-,19-16-,23-20-,25-24-,31-29-,40-37-. The topological polar surface area (TPSA) is 155 Å². The van der Waals surface area contributed by atoms with Gasteiger partial charge in [0.05, 0.1) is 26.2 Å². The zero-order valence-corrected chi connectivity index (χ0v) is 42.3. The summed E-state index contributed by atoms with van der Waals surface area (Å²) in [7, 11) is -4.76. The van der Waals surface area contributed by atoms with Gasteiger partial charge in [0.15, 0.2) is 6.10 Å². The highest BCUT2D eigenvalue weighted by molar-refractivity contribution is 7.47. The van der Waals surface area contributed by atoms with Gasteiger partial charge in [0, 0.05) is 12.8 Å². The van der Waals surface area contributed by atoms with Crippen LogP contribution in [0.5, 0.6) is 0 Å². The van der Waals surface area contributed by atoms with E-state index in [1.165, 1.54) is 38.5 Å². The van der Waals surface area contributed by atoms with Crippen molar-refractivity contribution in [1.29, 1.82) is 0 Å². The SMILES string of the molecule is CC/C=C\C/C=C\C/C=C\C/C=C\C/C=C\CC(=O)OCC(COP(=O)(O)OCC(CO)OC(=O)CCCCCCC/C=C\CCCC)OC(=O)CCCCCCC/C=C\CCCCCC. The number of unbranched alkanes of at least 4 members (excludes halogenated alkanes) is 16.